The monoisotopic (exact) mass is 357 g/mol. The molecule has 124 valence electrons. The van der Waals surface area contributed by atoms with Crippen molar-refractivity contribution in [3.05, 3.63) is 52.7 Å². The maximum atomic E-state index is 12.6. The van der Waals surface area contributed by atoms with Gasteiger partial charge in [-0.1, -0.05) is 24.3 Å². The molecule has 0 aliphatic carbocycles. The summed E-state index contributed by atoms with van der Waals surface area (Å²) in [6.45, 7) is 2.65. The molecule has 2 heterocycles. The molecule has 0 saturated heterocycles. The van der Waals surface area contributed by atoms with Crippen LogP contribution >= 0.6 is 22.7 Å². The summed E-state index contributed by atoms with van der Waals surface area (Å²) in [4.78, 5) is 21.1. The van der Waals surface area contributed by atoms with Crippen LogP contribution in [0.4, 0.5) is 10.8 Å². The molecule has 0 aliphatic rings. The van der Waals surface area contributed by atoms with E-state index < -0.39 is 0 Å². The van der Waals surface area contributed by atoms with E-state index in [1.165, 1.54) is 11.3 Å². The largest absolute Gasteiger partial charge is 0.375 e. The standard InChI is InChI=1S/C18H19N3OS2/c1-2-21(13-7-4-3-5-8-13)16(22)11-10-15-17(20-18(19)24-15)14-9-6-12-23-14/h3-9,12H,2,10-11H2,1H3,(H2,19,20). The van der Waals surface area contributed by atoms with Crippen LogP contribution in [0.25, 0.3) is 10.6 Å². The van der Waals surface area contributed by atoms with Gasteiger partial charge in [0.05, 0.1) is 10.6 Å². The summed E-state index contributed by atoms with van der Waals surface area (Å²) in [6.07, 6.45) is 1.10. The summed E-state index contributed by atoms with van der Waals surface area (Å²) in [7, 11) is 0. The van der Waals surface area contributed by atoms with E-state index in [0.29, 0.717) is 24.5 Å². The highest BCUT2D eigenvalue weighted by molar-refractivity contribution is 7.17. The van der Waals surface area contributed by atoms with Crippen molar-refractivity contribution in [1.82, 2.24) is 4.98 Å². The predicted molar refractivity (Wildman–Crippen MR) is 103 cm³/mol. The van der Waals surface area contributed by atoms with E-state index >= 15 is 0 Å². The van der Waals surface area contributed by atoms with Crippen molar-refractivity contribution < 1.29 is 4.79 Å². The Balaban J connectivity index is 1.73. The predicted octanol–water partition coefficient (Wildman–Crippen LogP) is 4.44. The van der Waals surface area contributed by atoms with E-state index in [9.17, 15) is 4.79 Å². The van der Waals surface area contributed by atoms with Gasteiger partial charge >= 0.3 is 0 Å². The topological polar surface area (TPSA) is 59.2 Å². The molecule has 0 aliphatic heterocycles. The quantitative estimate of drug-likeness (QED) is 0.709. The number of amides is 1. The van der Waals surface area contributed by atoms with Crippen LogP contribution in [0.5, 0.6) is 0 Å². The van der Waals surface area contributed by atoms with Gasteiger partial charge in [0.15, 0.2) is 5.13 Å². The Morgan fingerprint density at radius 1 is 1.21 bits per heavy atom. The van der Waals surface area contributed by atoms with Crippen molar-refractivity contribution in [3.63, 3.8) is 0 Å². The second-order valence-corrected chi connectivity index (χ2v) is 7.34. The minimum Gasteiger partial charge on any atom is -0.375 e. The van der Waals surface area contributed by atoms with Gasteiger partial charge in [0.1, 0.15) is 0 Å². The fourth-order valence-corrected chi connectivity index (χ4v) is 4.26. The average molecular weight is 358 g/mol. The van der Waals surface area contributed by atoms with Crippen molar-refractivity contribution in [2.75, 3.05) is 17.2 Å². The molecular weight excluding hydrogens is 338 g/mol. The number of thiophene rings is 1. The summed E-state index contributed by atoms with van der Waals surface area (Å²) in [5.41, 5.74) is 7.74. The maximum Gasteiger partial charge on any atom is 0.227 e. The highest BCUT2D eigenvalue weighted by Crippen LogP contribution is 2.33. The molecule has 24 heavy (non-hydrogen) atoms. The fourth-order valence-electron chi connectivity index (χ4n) is 2.61. The van der Waals surface area contributed by atoms with Crippen LogP contribution in [0.2, 0.25) is 0 Å². The SMILES string of the molecule is CCN(C(=O)CCc1sc(N)nc1-c1cccs1)c1ccccc1. The van der Waals surface area contributed by atoms with Crippen molar-refractivity contribution in [1.29, 1.82) is 0 Å². The molecule has 0 radical (unpaired) electrons. The molecule has 0 bridgehead atoms. The number of hydrogen-bond donors (Lipinski definition) is 1. The first-order chi connectivity index (χ1) is 11.7. The molecule has 1 amide bonds. The molecule has 3 aromatic rings. The van der Waals surface area contributed by atoms with Gasteiger partial charge in [0.2, 0.25) is 5.91 Å². The zero-order valence-electron chi connectivity index (χ0n) is 13.4. The van der Waals surface area contributed by atoms with E-state index in [1.807, 2.05) is 59.7 Å². The number of carbonyl (C=O) groups is 1. The van der Waals surface area contributed by atoms with Crippen molar-refractivity contribution in [2.24, 2.45) is 0 Å². The van der Waals surface area contributed by atoms with E-state index in [1.54, 1.807) is 11.3 Å². The van der Waals surface area contributed by atoms with Crippen LogP contribution in [0.15, 0.2) is 47.8 Å². The lowest BCUT2D eigenvalue weighted by molar-refractivity contribution is -0.118. The van der Waals surface area contributed by atoms with E-state index in [0.717, 1.165) is 21.1 Å². The summed E-state index contributed by atoms with van der Waals surface area (Å²) >= 11 is 3.11. The number of nitrogens with two attached hydrogens (primary N) is 1. The first kappa shape index (κ1) is 16.7. The molecule has 0 unspecified atom stereocenters. The zero-order valence-corrected chi connectivity index (χ0v) is 15.1. The van der Waals surface area contributed by atoms with Gasteiger partial charge in [-0.2, -0.15) is 0 Å². The number of aryl methyl sites for hydroxylation is 1. The van der Waals surface area contributed by atoms with Crippen LogP contribution < -0.4 is 10.6 Å². The molecule has 4 nitrogen and oxygen atoms in total. The van der Waals surface area contributed by atoms with Gasteiger partial charge in [-0.05, 0) is 36.9 Å². The molecule has 6 heteroatoms. The number of aromatic nitrogens is 1. The van der Waals surface area contributed by atoms with Crippen molar-refractivity contribution in [2.45, 2.75) is 19.8 Å². The van der Waals surface area contributed by atoms with Gasteiger partial charge < -0.3 is 10.6 Å². The number of para-hydroxylation sites is 1. The lowest BCUT2D eigenvalue weighted by Gasteiger charge is -2.20. The normalized spacial score (nSPS) is 10.7. The molecule has 0 fully saturated rings. The van der Waals surface area contributed by atoms with E-state index in [2.05, 4.69) is 4.98 Å². The Morgan fingerprint density at radius 3 is 2.67 bits per heavy atom. The number of nitrogen functional groups attached to an aromatic ring is 1. The first-order valence-electron chi connectivity index (χ1n) is 7.83. The van der Waals surface area contributed by atoms with E-state index in [4.69, 9.17) is 5.73 Å². The molecule has 0 saturated carbocycles. The number of benzene rings is 1. The third kappa shape index (κ3) is 3.66. The fraction of sp³-hybridized carbons (Fsp3) is 0.222. The number of thiazole rings is 1. The number of nitrogens with zero attached hydrogens (tertiary/aromatic N) is 2. The number of hydrogen-bond acceptors (Lipinski definition) is 5. The van der Waals surface area contributed by atoms with Gasteiger partial charge in [-0.25, -0.2) is 4.98 Å². The van der Waals surface area contributed by atoms with Gasteiger partial charge in [0.25, 0.3) is 0 Å². The summed E-state index contributed by atoms with van der Waals surface area (Å²) in [5, 5.41) is 2.57. The first-order valence-corrected chi connectivity index (χ1v) is 9.53. The molecular formula is C18H19N3OS2. The van der Waals surface area contributed by atoms with Gasteiger partial charge in [-0.15, -0.1) is 22.7 Å². The lowest BCUT2D eigenvalue weighted by Crippen LogP contribution is -2.30. The van der Waals surface area contributed by atoms with Gasteiger partial charge in [-0.3, -0.25) is 4.79 Å². The summed E-state index contributed by atoms with van der Waals surface area (Å²) < 4.78 is 0. The minimum absolute atomic E-state index is 0.118. The zero-order chi connectivity index (χ0) is 16.9. The van der Waals surface area contributed by atoms with Crippen LogP contribution in [-0.2, 0) is 11.2 Å². The van der Waals surface area contributed by atoms with E-state index in [-0.39, 0.29) is 5.91 Å². The molecule has 2 N–H and O–H groups in total. The van der Waals surface area contributed by atoms with Crippen LogP contribution in [-0.4, -0.2) is 17.4 Å². The van der Waals surface area contributed by atoms with Crippen molar-refractivity contribution in [3.8, 4) is 10.6 Å². The molecule has 0 atom stereocenters. The maximum absolute atomic E-state index is 12.6. The number of carbonyl (C=O) groups excluding carboxylic acids is 1. The minimum atomic E-state index is 0.118. The Labute approximate surface area is 149 Å². The third-order valence-electron chi connectivity index (χ3n) is 3.72. The Bertz CT molecular complexity index is 797. The highest BCUT2D eigenvalue weighted by Gasteiger charge is 2.17. The van der Waals surface area contributed by atoms with Crippen molar-refractivity contribution >= 4 is 39.4 Å². The van der Waals surface area contributed by atoms with Crippen LogP contribution in [0, 0.1) is 0 Å². The average Bonchev–Trinajstić information content (AvgIpc) is 3.24. The van der Waals surface area contributed by atoms with Crippen LogP contribution in [0.3, 0.4) is 0 Å². The van der Waals surface area contributed by atoms with Gasteiger partial charge in [0, 0.05) is 23.5 Å². The Hall–Kier alpha value is -2.18. The second-order valence-electron chi connectivity index (χ2n) is 5.27. The number of anilines is 2. The Morgan fingerprint density at radius 2 is 2.00 bits per heavy atom. The molecule has 2 aromatic heterocycles. The smallest absolute Gasteiger partial charge is 0.227 e. The molecule has 0 spiro atoms. The summed E-state index contributed by atoms with van der Waals surface area (Å²) in [6, 6.07) is 13.8. The Kier molecular flexibility index (Phi) is 5.27. The highest BCUT2D eigenvalue weighted by atomic mass is 32.1. The third-order valence-corrected chi connectivity index (χ3v) is 5.54. The second kappa shape index (κ2) is 7.59. The lowest BCUT2D eigenvalue weighted by atomic mass is 10.2. The molecule has 1 aromatic carbocycles. The summed E-state index contributed by atoms with van der Waals surface area (Å²) in [5.74, 6) is 0.118. The van der Waals surface area contributed by atoms with Crippen LogP contribution in [0.1, 0.15) is 18.2 Å². The number of rotatable bonds is 6. The molecule has 3 rings (SSSR count).